The van der Waals surface area contributed by atoms with Crippen molar-refractivity contribution in [3.05, 3.63) is 35.1 Å². The van der Waals surface area contributed by atoms with E-state index in [1.165, 1.54) is 55.4 Å². The van der Waals surface area contributed by atoms with Crippen LogP contribution < -0.4 is 0 Å². The van der Waals surface area contributed by atoms with Crippen molar-refractivity contribution in [3.63, 3.8) is 0 Å². The van der Waals surface area contributed by atoms with Crippen LogP contribution in [0.4, 0.5) is 0 Å². The Bertz CT molecular complexity index is 859. The minimum atomic E-state index is -1.98. The van der Waals surface area contributed by atoms with Gasteiger partial charge in [0.05, 0.1) is 0 Å². The third kappa shape index (κ3) is 6.35. The number of rotatable bonds is 8. The Balaban J connectivity index is 1.96. The zero-order chi connectivity index (χ0) is 26.0. The number of carboxylic acid groups (broad SMARTS) is 1. The van der Waals surface area contributed by atoms with E-state index in [9.17, 15) is 4.79 Å². The average molecular weight is 501 g/mol. The lowest BCUT2D eigenvalue weighted by Gasteiger charge is -2.46. The van der Waals surface area contributed by atoms with Crippen LogP contribution in [0.15, 0.2) is 35.1 Å². The lowest BCUT2D eigenvalue weighted by Crippen LogP contribution is -2.41. The Morgan fingerprint density at radius 2 is 1.89 bits per heavy atom. The topological polar surface area (TPSA) is 46.5 Å². The Kier molecular flexibility index (Phi) is 8.88. The molecular formula is C31H52O3Si. The van der Waals surface area contributed by atoms with E-state index in [1.54, 1.807) is 5.57 Å². The Labute approximate surface area is 216 Å². The SMILES string of the molecule is C=C1CCCC/C1=C\C(O[Si](C)(C)C(C)(C)C)=C1\CCC[C@]2(C)[C@@H]([C@H](C)CCCC(=O)O)CC[C@@H]12. The zero-order valence-corrected chi connectivity index (χ0v) is 24.8. The number of hydrogen-bond donors (Lipinski definition) is 1. The molecule has 0 radical (unpaired) electrons. The predicted octanol–water partition coefficient (Wildman–Crippen LogP) is 9.43. The molecule has 0 aliphatic heterocycles. The minimum absolute atomic E-state index is 0.162. The highest BCUT2D eigenvalue weighted by Gasteiger charge is 2.52. The summed E-state index contributed by atoms with van der Waals surface area (Å²) in [6, 6.07) is 0. The molecule has 0 saturated heterocycles. The molecule has 35 heavy (non-hydrogen) atoms. The first kappa shape index (κ1) is 28.3. The van der Waals surface area contributed by atoms with Gasteiger partial charge in [0.15, 0.2) is 0 Å². The highest BCUT2D eigenvalue weighted by molar-refractivity contribution is 6.74. The van der Waals surface area contributed by atoms with Crippen LogP contribution in [0, 0.1) is 23.2 Å². The third-order valence-electron chi connectivity index (χ3n) is 10.2. The fourth-order valence-corrected chi connectivity index (χ4v) is 8.02. The van der Waals surface area contributed by atoms with Gasteiger partial charge in [0.1, 0.15) is 5.76 Å². The number of allylic oxidation sites excluding steroid dienone is 4. The molecule has 198 valence electrons. The molecule has 0 amide bonds. The van der Waals surface area contributed by atoms with Crippen molar-refractivity contribution in [1.82, 2.24) is 0 Å². The Hall–Kier alpha value is -1.29. The summed E-state index contributed by atoms with van der Waals surface area (Å²) in [4.78, 5) is 11.1. The summed E-state index contributed by atoms with van der Waals surface area (Å²) in [7, 11) is -1.98. The van der Waals surface area contributed by atoms with Crippen molar-refractivity contribution in [2.45, 2.75) is 130 Å². The maximum Gasteiger partial charge on any atom is 0.303 e. The van der Waals surface area contributed by atoms with E-state index >= 15 is 0 Å². The molecule has 3 saturated carbocycles. The van der Waals surface area contributed by atoms with Crippen LogP contribution in [0.5, 0.6) is 0 Å². The van der Waals surface area contributed by atoms with Crippen molar-refractivity contribution in [1.29, 1.82) is 0 Å². The van der Waals surface area contributed by atoms with E-state index < -0.39 is 14.3 Å². The second-order valence-electron chi connectivity index (χ2n) is 13.6. The van der Waals surface area contributed by atoms with Gasteiger partial charge < -0.3 is 9.53 Å². The lowest BCUT2D eigenvalue weighted by atomic mass is 9.60. The maximum atomic E-state index is 11.1. The molecule has 0 heterocycles. The van der Waals surface area contributed by atoms with E-state index in [4.69, 9.17) is 9.53 Å². The second-order valence-corrected chi connectivity index (χ2v) is 18.3. The fourth-order valence-electron chi connectivity index (χ4n) is 6.98. The average Bonchev–Trinajstić information content (AvgIpc) is 3.10. The van der Waals surface area contributed by atoms with Crippen molar-refractivity contribution < 1.29 is 14.3 Å². The number of fused-ring (bicyclic) bond motifs is 1. The van der Waals surface area contributed by atoms with Crippen molar-refractivity contribution >= 4 is 14.3 Å². The molecular weight excluding hydrogens is 448 g/mol. The second kappa shape index (κ2) is 11.0. The number of carbonyl (C=O) groups is 1. The Morgan fingerprint density at radius 1 is 1.20 bits per heavy atom. The molecule has 3 aliphatic rings. The molecule has 1 N–H and O–H groups in total. The molecule has 0 bridgehead atoms. The summed E-state index contributed by atoms with van der Waals surface area (Å²) in [6.07, 6.45) is 15.5. The van der Waals surface area contributed by atoms with Crippen molar-refractivity contribution in [2.24, 2.45) is 23.2 Å². The van der Waals surface area contributed by atoms with Gasteiger partial charge in [-0.1, -0.05) is 46.8 Å². The van der Waals surface area contributed by atoms with Gasteiger partial charge in [0, 0.05) is 6.42 Å². The largest absolute Gasteiger partial charge is 0.544 e. The zero-order valence-electron chi connectivity index (χ0n) is 23.8. The highest BCUT2D eigenvalue weighted by atomic mass is 28.4. The fraction of sp³-hybridized carbons (Fsp3) is 0.774. The molecule has 3 nitrogen and oxygen atoms in total. The third-order valence-corrected chi connectivity index (χ3v) is 14.5. The molecule has 0 unspecified atom stereocenters. The van der Waals surface area contributed by atoms with Crippen molar-refractivity contribution in [2.75, 3.05) is 0 Å². The van der Waals surface area contributed by atoms with Crippen molar-refractivity contribution in [3.8, 4) is 0 Å². The number of aliphatic carboxylic acids is 1. The normalized spacial score (nSPS) is 31.3. The van der Waals surface area contributed by atoms with Crippen LogP contribution >= 0.6 is 0 Å². The maximum absolute atomic E-state index is 11.1. The molecule has 4 heteroatoms. The summed E-state index contributed by atoms with van der Waals surface area (Å²) in [5.74, 6) is 2.36. The van der Waals surface area contributed by atoms with E-state index in [-0.39, 0.29) is 5.04 Å². The van der Waals surface area contributed by atoms with Gasteiger partial charge in [-0.2, -0.15) is 0 Å². The first-order valence-corrected chi connectivity index (χ1v) is 17.2. The van der Waals surface area contributed by atoms with Gasteiger partial charge in [-0.05, 0) is 129 Å². The standard InChI is InChI=1S/C31H52O3Si/c1-22-13-9-10-15-24(22)21-28(34-35(7,8)30(3,4)5)25-16-12-20-31(6)26(18-19-27(25)31)23(2)14-11-17-29(32)33/h21,23,26-27H,1,9-20H2,2-8H3,(H,32,33)/b24-21+,28-25+/t23-,26-,27+,31-/m1/s1. The summed E-state index contributed by atoms with van der Waals surface area (Å²) in [5, 5.41) is 9.26. The molecule has 3 rings (SSSR count). The summed E-state index contributed by atoms with van der Waals surface area (Å²) < 4.78 is 7.17. The van der Waals surface area contributed by atoms with Crippen LogP contribution in [-0.4, -0.2) is 19.4 Å². The van der Waals surface area contributed by atoms with E-state index in [1.807, 2.05) is 0 Å². The van der Waals surface area contributed by atoms with Gasteiger partial charge in [-0.3, -0.25) is 4.79 Å². The van der Waals surface area contributed by atoms with Crippen LogP contribution in [0.1, 0.15) is 112 Å². The predicted molar refractivity (Wildman–Crippen MR) is 150 cm³/mol. The van der Waals surface area contributed by atoms with Gasteiger partial charge in [-0.15, -0.1) is 0 Å². The van der Waals surface area contributed by atoms with Gasteiger partial charge >= 0.3 is 5.97 Å². The van der Waals surface area contributed by atoms with Gasteiger partial charge in [-0.25, -0.2) is 0 Å². The minimum Gasteiger partial charge on any atom is -0.544 e. The quantitative estimate of drug-likeness (QED) is 0.267. The monoisotopic (exact) mass is 500 g/mol. The first-order valence-electron chi connectivity index (χ1n) is 14.3. The van der Waals surface area contributed by atoms with E-state index in [0.29, 0.717) is 29.6 Å². The molecule has 0 aromatic heterocycles. The number of carboxylic acids is 1. The molecule has 0 aromatic rings. The molecule has 4 atom stereocenters. The molecule has 0 spiro atoms. The molecule has 0 aromatic carbocycles. The Morgan fingerprint density at radius 3 is 2.51 bits per heavy atom. The number of hydrogen-bond acceptors (Lipinski definition) is 2. The van der Waals surface area contributed by atoms with E-state index in [0.717, 1.165) is 32.1 Å². The smallest absolute Gasteiger partial charge is 0.303 e. The van der Waals surface area contributed by atoms with Crippen LogP contribution in [0.2, 0.25) is 18.1 Å². The van der Waals surface area contributed by atoms with E-state index in [2.05, 4.69) is 60.4 Å². The first-order chi connectivity index (χ1) is 16.3. The van der Waals surface area contributed by atoms with Crippen LogP contribution in [0.25, 0.3) is 0 Å². The summed E-state index contributed by atoms with van der Waals surface area (Å²) in [5.41, 5.74) is 4.60. The van der Waals surface area contributed by atoms with Gasteiger partial charge in [0.2, 0.25) is 8.32 Å². The summed E-state index contributed by atoms with van der Waals surface area (Å²) >= 11 is 0. The van der Waals surface area contributed by atoms with Gasteiger partial charge in [0.25, 0.3) is 0 Å². The van der Waals surface area contributed by atoms with Crippen LogP contribution in [0.3, 0.4) is 0 Å². The molecule has 3 aliphatic carbocycles. The summed E-state index contributed by atoms with van der Waals surface area (Å²) in [6.45, 7) is 21.1. The molecule has 3 fully saturated rings. The van der Waals surface area contributed by atoms with Crippen LogP contribution in [-0.2, 0) is 9.22 Å². The lowest BCUT2D eigenvalue weighted by molar-refractivity contribution is -0.137. The highest BCUT2D eigenvalue weighted by Crippen LogP contribution is 2.60.